The van der Waals surface area contributed by atoms with Crippen LogP contribution in [0.3, 0.4) is 0 Å². The third-order valence-corrected chi connectivity index (χ3v) is 3.48. The number of nitriles is 1. The first-order valence-electron chi connectivity index (χ1n) is 4.72. The van der Waals surface area contributed by atoms with E-state index < -0.39 is 0 Å². The third-order valence-electron chi connectivity index (χ3n) is 1.84. The number of nitrogens with one attached hydrogen (secondary N) is 2. The van der Waals surface area contributed by atoms with Crippen molar-refractivity contribution in [2.45, 2.75) is 11.7 Å². The van der Waals surface area contributed by atoms with Gasteiger partial charge >= 0.3 is 105 Å². The fourth-order valence-electron chi connectivity index (χ4n) is 1.09. The maximum atomic E-state index is 11.6. The second-order valence-corrected chi connectivity index (χ2v) is 5.22. The monoisotopic (exact) mass is 301 g/mol. The Kier molecular flexibility index (Phi) is 5.79. The van der Waals surface area contributed by atoms with E-state index in [1.165, 1.54) is 0 Å². The van der Waals surface area contributed by atoms with E-state index in [1.54, 1.807) is 18.3 Å². The van der Waals surface area contributed by atoms with Gasteiger partial charge in [0.25, 0.3) is 0 Å². The summed E-state index contributed by atoms with van der Waals surface area (Å²) in [4.78, 5) is 16.6. The minimum atomic E-state index is -0.161. The van der Waals surface area contributed by atoms with Crippen LogP contribution in [-0.2, 0) is 0 Å². The van der Waals surface area contributed by atoms with E-state index in [0.717, 1.165) is 11.7 Å². The zero-order valence-electron chi connectivity index (χ0n) is 8.53. The minimum absolute atomic E-state index is 0.0361. The summed E-state index contributed by atoms with van der Waals surface area (Å²) in [6.07, 6.45) is 2.52. The summed E-state index contributed by atoms with van der Waals surface area (Å²) >= 11 is 5.03. The molecule has 0 saturated heterocycles. The summed E-state index contributed by atoms with van der Waals surface area (Å²) in [6, 6.07) is 3.43. The molecule has 2 N–H and O–H groups in total. The molecule has 0 aliphatic carbocycles. The number of rotatable bonds is 5. The summed E-state index contributed by atoms with van der Waals surface area (Å²) in [5.74, 6) is -0.161. The zero-order valence-corrected chi connectivity index (χ0v) is 11.1. The molecule has 0 aliphatic rings. The van der Waals surface area contributed by atoms with Crippen LogP contribution >= 0.6 is 12.2 Å². The predicted molar refractivity (Wildman–Crippen MR) is 64.8 cm³/mol. The Morgan fingerprint density at radius 1 is 1.69 bits per heavy atom. The molecule has 1 heterocycles. The number of amides is 1. The molecule has 16 heavy (non-hydrogen) atoms. The van der Waals surface area contributed by atoms with Gasteiger partial charge in [0.1, 0.15) is 0 Å². The number of H-pyrrole nitrogens is 1. The molecule has 0 aromatic carbocycles. The van der Waals surface area contributed by atoms with Gasteiger partial charge in [-0.15, -0.1) is 0 Å². The molecule has 1 amide bonds. The molecule has 0 fully saturated rings. The Morgan fingerprint density at radius 3 is 3.19 bits per heavy atom. The maximum absolute atomic E-state index is 11.6. The molecule has 0 unspecified atom stereocenters. The second-order valence-electron chi connectivity index (χ2n) is 2.96. The SMILES string of the molecule is N#C[Se]CCCNC(=O)c1ccc[nH]c1=S. The first-order valence-corrected chi connectivity index (χ1v) is 7.20. The summed E-state index contributed by atoms with van der Waals surface area (Å²) in [5.41, 5.74) is 0.489. The Balaban J connectivity index is 2.40. The molecule has 0 spiro atoms. The number of carbonyl (C=O) groups is 1. The van der Waals surface area contributed by atoms with Gasteiger partial charge in [-0.25, -0.2) is 0 Å². The van der Waals surface area contributed by atoms with E-state index in [9.17, 15) is 4.79 Å². The van der Waals surface area contributed by atoms with Crippen molar-refractivity contribution in [3.63, 3.8) is 0 Å². The van der Waals surface area contributed by atoms with Gasteiger partial charge in [0.05, 0.1) is 0 Å². The topological polar surface area (TPSA) is 68.7 Å². The summed E-state index contributed by atoms with van der Waals surface area (Å²) in [6.45, 7) is 0.589. The Hall–Kier alpha value is -1.15. The van der Waals surface area contributed by atoms with Crippen LogP contribution in [0.2, 0.25) is 5.32 Å². The van der Waals surface area contributed by atoms with Crippen LogP contribution in [0.5, 0.6) is 0 Å². The van der Waals surface area contributed by atoms with E-state index in [-0.39, 0.29) is 20.9 Å². The summed E-state index contributed by atoms with van der Waals surface area (Å²) in [7, 11) is 0. The summed E-state index contributed by atoms with van der Waals surface area (Å²) < 4.78 is 0.446. The Labute approximate surface area is 105 Å². The standard InChI is InChI=1S/C10H11N3OSSe/c11-7-16-6-2-5-12-9(14)8-3-1-4-13-10(8)15/h1,3-4H,2,5-6H2,(H,12,14)(H,13,15). The van der Waals surface area contributed by atoms with Gasteiger partial charge in [-0.2, -0.15) is 0 Å². The normalized spacial score (nSPS) is 9.44. The summed E-state index contributed by atoms with van der Waals surface area (Å²) in [5, 5.41) is 12.0. The van der Waals surface area contributed by atoms with Crippen LogP contribution in [0.25, 0.3) is 0 Å². The van der Waals surface area contributed by atoms with Gasteiger partial charge in [-0.1, -0.05) is 0 Å². The number of carbonyl (C=O) groups excluding carboxylic acids is 1. The average molecular weight is 300 g/mol. The van der Waals surface area contributed by atoms with Crippen LogP contribution in [0, 0.1) is 14.9 Å². The van der Waals surface area contributed by atoms with Crippen molar-refractivity contribution in [2.24, 2.45) is 0 Å². The van der Waals surface area contributed by atoms with Crippen molar-refractivity contribution in [2.75, 3.05) is 6.54 Å². The molecule has 0 bridgehead atoms. The molecule has 84 valence electrons. The van der Waals surface area contributed by atoms with Crippen LogP contribution in [0.1, 0.15) is 16.8 Å². The molecule has 0 aliphatic heterocycles. The fraction of sp³-hybridized carbons (Fsp3) is 0.300. The molecular weight excluding hydrogens is 289 g/mol. The van der Waals surface area contributed by atoms with Crippen LogP contribution in [0.15, 0.2) is 18.3 Å². The number of aromatic nitrogens is 1. The molecule has 1 rings (SSSR count). The molecule has 0 radical (unpaired) electrons. The molecule has 0 saturated carbocycles. The van der Waals surface area contributed by atoms with Gasteiger partial charge in [0, 0.05) is 0 Å². The zero-order chi connectivity index (χ0) is 11.8. The van der Waals surface area contributed by atoms with Crippen LogP contribution in [-0.4, -0.2) is 32.4 Å². The first-order chi connectivity index (χ1) is 7.75. The number of hydrogen-bond donors (Lipinski definition) is 2. The van der Waals surface area contributed by atoms with E-state index in [2.05, 4.69) is 15.3 Å². The number of hydrogen-bond acceptors (Lipinski definition) is 3. The van der Waals surface area contributed by atoms with Gasteiger partial charge in [0.15, 0.2) is 0 Å². The van der Waals surface area contributed by atoms with Crippen molar-refractivity contribution in [1.29, 1.82) is 5.26 Å². The molecule has 4 nitrogen and oxygen atoms in total. The second kappa shape index (κ2) is 7.18. The van der Waals surface area contributed by atoms with Gasteiger partial charge in [-0.05, 0) is 0 Å². The Morgan fingerprint density at radius 2 is 2.50 bits per heavy atom. The van der Waals surface area contributed by atoms with E-state index in [4.69, 9.17) is 17.5 Å². The molecular formula is C10H11N3OSSe. The van der Waals surface area contributed by atoms with Crippen LogP contribution in [0.4, 0.5) is 0 Å². The Bertz CT molecular complexity index is 452. The fourth-order valence-corrected chi connectivity index (χ4v) is 2.11. The van der Waals surface area contributed by atoms with Crippen molar-refractivity contribution >= 4 is 33.1 Å². The quantitative estimate of drug-likeness (QED) is 0.491. The molecule has 1 aromatic heterocycles. The average Bonchev–Trinajstić information content (AvgIpc) is 2.29. The van der Waals surface area contributed by atoms with Crippen molar-refractivity contribution < 1.29 is 4.79 Å². The number of pyridine rings is 1. The predicted octanol–water partition coefficient (Wildman–Crippen LogP) is 1.47. The van der Waals surface area contributed by atoms with Crippen molar-refractivity contribution in [3.8, 4) is 4.97 Å². The van der Waals surface area contributed by atoms with Crippen molar-refractivity contribution in [1.82, 2.24) is 10.3 Å². The molecule has 6 heteroatoms. The molecule has 1 aromatic rings. The number of aromatic amines is 1. The van der Waals surface area contributed by atoms with E-state index >= 15 is 0 Å². The van der Waals surface area contributed by atoms with E-state index in [0.29, 0.717) is 16.7 Å². The van der Waals surface area contributed by atoms with Crippen molar-refractivity contribution in [3.05, 3.63) is 28.5 Å². The van der Waals surface area contributed by atoms with Crippen LogP contribution < -0.4 is 5.32 Å². The van der Waals surface area contributed by atoms with Gasteiger partial charge in [0.2, 0.25) is 0 Å². The van der Waals surface area contributed by atoms with Gasteiger partial charge in [-0.3, -0.25) is 0 Å². The third kappa shape index (κ3) is 4.15. The first kappa shape index (κ1) is 12.9. The number of nitrogens with zero attached hydrogens (tertiary/aromatic N) is 1. The molecule has 0 atom stereocenters. The van der Waals surface area contributed by atoms with Gasteiger partial charge < -0.3 is 0 Å². The van der Waals surface area contributed by atoms with E-state index in [1.807, 2.05) is 0 Å².